The number of hydrogen-bond donors (Lipinski definition) is 3. The molecule has 0 aromatic rings. The summed E-state index contributed by atoms with van der Waals surface area (Å²) in [7, 11) is 0. The number of thiocarbonyl (C=S) groups is 1. The smallest absolute Gasteiger partial charge is 0.145 e. The third-order valence-corrected chi connectivity index (χ3v) is 2.50. The van der Waals surface area contributed by atoms with Gasteiger partial charge in [-0.25, -0.2) is 0 Å². The highest BCUT2D eigenvalue weighted by Crippen LogP contribution is 2.17. The second-order valence-electron chi connectivity index (χ2n) is 6.41. The predicted octanol–water partition coefficient (Wildman–Crippen LogP) is 2.53. The summed E-state index contributed by atoms with van der Waals surface area (Å²) in [5.74, 6) is 0.167. The topological polar surface area (TPSA) is 85.1 Å². The van der Waals surface area contributed by atoms with Crippen LogP contribution in [0.1, 0.15) is 62.8 Å². The third-order valence-electron chi connectivity index (χ3n) is 1.89. The Labute approximate surface area is 135 Å². The van der Waals surface area contributed by atoms with Gasteiger partial charge in [0.05, 0.1) is 22.3 Å². The molecule has 124 valence electrons. The molecule has 3 N–H and O–H groups in total. The predicted molar refractivity (Wildman–Crippen MR) is 92.0 cm³/mol. The normalized spacial score (nSPS) is 17.6. The van der Waals surface area contributed by atoms with Crippen molar-refractivity contribution in [3.8, 4) is 6.07 Å². The fraction of sp³-hybridized carbons (Fsp3) is 0.800. The average molecular weight is 317 g/mol. The molecule has 0 aromatic carbocycles. The molecule has 0 amide bonds. The van der Waals surface area contributed by atoms with Crippen LogP contribution in [0.4, 0.5) is 0 Å². The molecule has 0 saturated carbocycles. The largest absolute Gasteiger partial charge is 0.376 e. The van der Waals surface area contributed by atoms with Gasteiger partial charge in [0.1, 0.15) is 11.4 Å². The summed E-state index contributed by atoms with van der Waals surface area (Å²) in [6, 6.07) is 1.66. The molecule has 21 heavy (non-hydrogen) atoms. The second-order valence-corrected chi connectivity index (χ2v) is 6.82. The molecule has 0 spiro atoms. The van der Waals surface area contributed by atoms with Crippen molar-refractivity contribution in [3.05, 3.63) is 0 Å². The summed E-state index contributed by atoms with van der Waals surface area (Å²) in [5.41, 5.74) is -1.24. The Morgan fingerprint density at radius 1 is 1.29 bits per heavy atom. The number of Topliss-reactive ketones (excluding diaryl/α,β-unsaturated/α-hetero) is 1. The van der Waals surface area contributed by atoms with E-state index in [-0.39, 0.29) is 24.4 Å². The second kappa shape index (κ2) is 9.08. The number of carbonyl (C=O) groups excluding carboxylic acids is 1. The lowest BCUT2D eigenvalue weighted by Gasteiger charge is -2.22. The molecule has 0 atom stereocenters. The Bertz CT molecular complexity index is 387. The Hall–Kier alpha value is -1.03. The van der Waals surface area contributed by atoms with Crippen molar-refractivity contribution >= 4 is 23.0 Å². The van der Waals surface area contributed by atoms with Crippen molar-refractivity contribution in [3.63, 3.8) is 0 Å². The highest BCUT2D eigenvalue weighted by molar-refractivity contribution is 7.80. The van der Waals surface area contributed by atoms with Crippen molar-refractivity contribution in [2.24, 2.45) is 0 Å². The molecule has 0 bridgehead atoms. The number of aliphatic hydroxyl groups is 1. The highest BCUT2D eigenvalue weighted by Gasteiger charge is 2.39. The number of rotatable bonds is 0. The van der Waals surface area contributed by atoms with Crippen LogP contribution in [0.3, 0.4) is 0 Å². The van der Waals surface area contributed by atoms with Crippen molar-refractivity contribution in [1.29, 1.82) is 5.26 Å². The van der Waals surface area contributed by atoms with E-state index in [1.54, 1.807) is 6.07 Å². The highest BCUT2D eigenvalue weighted by atomic mass is 32.1. The third kappa shape index (κ3) is 15.2. The summed E-state index contributed by atoms with van der Waals surface area (Å²) in [5, 5.41) is 22.9. The van der Waals surface area contributed by atoms with E-state index in [4.69, 9.17) is 22.6 Å². The molecule has 0 aromatic heterocycles. The van der Waals surface area contributed by atoms with E-state index >= 15 is 0 Å². The molecular formula is C15H31N3O2S. The fourth-order valence-electron chi connectivity index (χ4n) is 1.31. The summed E-state index contributed by atoms with van der Waals surface area (Å²) < 4.78 is 0. The molecule has 1 heterocycles. The first kappa shape index (κ1) is 25.0. The van der Waals surface area contributed by atoms with Gasteiger partial charge in [0.25, 0.3) is 0 Å². The van der Waals surface area contributed by atoms with E-state index in [1.165, 1.54) is 27.7 Å². The van der Waals surface area contributed by atoms with Gasteiger partial charge in [-0.15, -0.1) is 0 Å². The van der Waals surface area contributed by atoms with Gasteiger partial charge in [-0.05, 0) is 55.4 Å². The zero-order valence-corrected chi connectivity index (χ0v) is 14.5. The van der Waals surface area contributed by atoms with E-state index in [1.807, 2.05) is 0 Å². The lowest BCUT2D eigenvalue weighted by atomic mass is 10.1. The lowest BCUT2D eigenvalue weighted by Crippen LogP contribution is -2.46. The van der Waals surface area contributed by atoms with Crippen LogP contribution in [0, 0.1) is 11.3 Å². The molecule has 0 radical (unpaired) electrons. The van der Waals surface area contributed by atoms with Crippen LogP contribution in [0.15, 0.2) is 0 Å². The average Bonchev–Trinajstić information content (AvgIpc) is 2.32. The Balaban J connectivity index is -0.000000255. The van der Waals surface area contributed by atoms with Gasteiger partial charge in [0, 0.05) is 0 Å². The number of ketones is 1. The van der Waals surface area contributed by atoms with E-state index in [0.717, 1.165) is 4.99 Å². The number of hydrogen-bond acceptors (Lipinski definition) is 5. The summed E-state index contributed by atoms with van der Waals surface area (Å²) >= 11 is 5.13. The molecule has 1 saturated heterocycles. The Morgan fingerprint density at radius 2 is 1.57 bits per heavy atom. The first-order valence-corrected chi connectivity index (χ1v) is 6.76. The van der Waals surface area contributed by atoms with Crippen molar-refractivity contribution < 1.29 is 9.90 Å². The van der Waals surface area contributed by atoms with Crippen LogP contribution in [0.25, 0.3) is 0 Å². The van der Waals surface area contributed by atoms with E-state index in [2.05, 4.69) is 38.3 Å². The van der Waals surface area contributed by atoms with Gasteiger partial charge in [-0.1, -0.05) is 19.6 Å². The van der Waals surface area contributed by atoms with E-state index in [9.17, 15) is 4.79 Å². The number of nitriles is 1. The Kier molecular flexibility index (Phi) is 10.8. The molecule has 1 fully saturated rings. The van der Waals surface area contributed by atoms with Gasteiger partial charge in [0.15, 0.2) is 0 Å². The lowest BCUT2D eigenvalue weighted by molar-refractivity contribution is -0.114. The molecular weight excluding hydrogens is 286 g/mol. The van der Waals surface area contributed by atoms with Gasteiger partial charge in [-0.2, -0.15) is 5.26 Å². The first-order valence-electron chi connectivity index (χ1n) is 6.36. The standard InChI is InChI=1S/C7H14N2S.C4H7NO.C3H6O.CH4/c1-6(2)5(10)8-7(3,4)9-6;1-4(2,6)3-5;1-3(2)4;/h9H,1-4H3,(H,8,10);6H,1-2H3;1-2H3;1H4. The minimum absolute atomic E-state index is 0. The molecule has 1 aliphatic heterocycles. The Morgan fingerprint density at radius 3 is 1.62 bits per heavy atom. The SMILES string of the molecule is C.CC(C)(O)C#N.CC(C)=O.CC1(C)NC(=S)C(C)(C)N1. The van der Waals surface area contributed by atoms with Crippen molar-refractivity contribution in [2.75, 3.05) is 0 Å². The zero-order chi connectivity index (χ0) is 16.8. The van der Waals surface area contributed by atoms with Crippen molar-refractivity contribution in [2.45, 2.75) is 79.6 Å². The number of nitrogens with one attached hydrogen (secondary N) is 2. The van der Waals surface area contributed by atoms with Gasteiger partial charge < -0.3 is 15.2 Å². The van der Waals surface area contributed by atoms with Gasteiger partial charge in [-0.3, -0.25) is 5.32 Å². The minimum atomic E-state index is -1.15. The maximum Gasteiger partial charge on any atom is 0.145 e. The monoisotopic (exact) mass is 317 g/mol. The van der Waals surface area contributed by atoms with Gasteiger partial charge in [0.2, 0.25) is 0 Å². The number of nitrogens with zero attached hydrogens (tertiary/aromatic N) is 1. The summed E-state index contributed by atoms with van der Waals surface area (Å²) in [4.78, 5) is 10.3. The van der Waals surface area contributed by atoms with Crippen LogP contribution in [0.2, 0.25) is 0 Å². The maximum atomic E-state index is 9.44. The molecule has 1 rings (SSSR count). The molecule has 1 aliphatic rings. The van der Waals surface area contributed by atoms with Crippen molar-refractivity contribution in [1.82, 2.24) is 10.6 Å². The van der Waals surface area contributed by atoms with Crippen LogP contribution in [0.5, 0.6) is 0 Å². The molecule has 6 heteroatoms. The quantitative estimate of drug-likeness (QED) is 0.470. The van der Waals surface area contributed by atoms with E-state index < -0.39 is 5.60 Å². The van der Waals surface area contributed by atoms with Crippen LogP contribution in [-0.2, 0) is 4.79 Å². The summed E-state index contributed by atoms with van der Waals surface area (Å²) in [6.07, 6.45) is 0. The van der Waals surface area contributed by atoms with Crippen LogP contribution >= 0.6 is 12.2 Å². The molecule has 0 aliphatic carbocycles. The van der Waals surface area contributed by atoms with Gasteiger partial charge >= 0.3 is 0 Å². The van der Waals surface area contributed by atoms with Crippen LogP contribution in [-0.4, -0.2) is 32.7 Å². The molecule has 5 nitrogen and oxygen atoms in total. The molecule has 0 unspecified atom stereocenters. The first-order chi connectivity index (χ1) is 8.63. The maximum absolute atomic E-state index is 9.44. The van der Waals surface area contributed by atoms with E-state index in [0.29, 0.717) is 0 Å². The fourth-order valence-corrected chi connectivity index (χ4v) is 1.62. The zero-order valence-electron chi connectivity index (χ0n) is 13.7. The summed E-state index contributed by atoms with van der Waals surface area (Å²) in [6.45, 7) is 14.2. The minimum Gasteiger partial charge on any atom is -0.376 e. The number of carbonyl (C=O) groups is 1. The van der Waals surface area contributed by atoms with Crippen LogP contribution < -0.4 is 10.6 Å².